The van der Waals surface area contributed by atoms with Gasteiger partial charge in [0.15, 0.2) is 5.76 Å². The van der Waals surface area contributed by atoms with E-state index in [-0.39, 0.29) is 11.3 Å². The van der Waals surface area contributed by atoms with Gasteiger partial charge in [0, 0.05) is 17.8 Å². The zero-order valence-corrected chi connectivity index (χ0v) is 16.4. The molecule has 0 aliphatic carbocycles. The number of benzene rings is 2. The van der Waals surface area contributed by atoms with Crippen molar-refractivity contribution < 1.29 is 14.1 Å². The molecule has 0 radical (unpaired) electrons. The summed E-state index contributed by atoms with van der Waals surface area (Å²) in [4.78, 5) is 22.9. The van der Waals surface area contributed by atoms with Gasteiger partial charge in [-0.25, -0.2) is 10.1 Å². The second-order valence-corrected chi connectivity index (χ2v) is 6.60. The molecule has 0 saturated carbocycles. The monoisotopic (exact) mass is 415 g/mol. The first kappa shape index (κ1) is 19.8. The average molecular weight is 415 g/mol. The molecule has 2 aromatic heterocycles. The standard InChI is InChI=1S/C22H17N5O4/c1-15-11-12-20(31-15)21-16(14-26(25-21)17-7-3-2-4-8-17)13-23-24-22(28)18-9-5-6-10-19(18)27(29)30/h2-14H,1H3,(H,24,28)/b23-13-. The highest BCUT2D eigenvalue weighted by Gasteiger charge is 2.19. The van der Waals surface area contributed by atoms with Crippen LogP contribution >= 0.6 is 0 Å². The van der Waals surface area contributed by atoms with Crippen molar-refractivity contribution in [1.29, 1.82) is 0 Å². The molecule has 0 saturated heterocycles. The van der Waals surface area contributed by atoms with Crippen LogP contribution in [0.15, 0.2) is 82.4 Å². The normalized spacial score (nSPS) is 11.0. The predicted molar refractivity (Wildman–Crippen MR) is 114 cm³/mol. The molecule has 0 aliphatic heterocycles. The Morgan fingerprint density at radius 3 is 2.58 bits per heavy atom. The molecular formula is C22H17N5O4. The Bertz CT molecular complexity index is 1270. The van der Waals surface area contributed by atoms with Crippen LogP contribution in [0.5, 0.6) is 0 Å². The minimum Gasteiger partial charge on any atom is -0.460 e. The van der Waals surface area contributed by atoms with Crippen molar-refractivity contribution in [3.63, 3.8) is 0 Å². The molecule has 0 aliphatic rings. The maximum atomic E-state index is 12.4. The van der Waals surface area contributed by atoms with Crippen molar-refractivity contribution in [2.75, 3.05) is 0 Å². The van der Waals surface area contributed by atoms with Gasteiger partial charge in [-0.15, -0.1) is 0 Å². The van der Waals surface area contributed by atoms with Crippen LogP contribution in [0.4, 0.5) is 5.69 Å². The van der Waals surface area contributed by atoms with Crippen molar-refractivity contribution >= 4 is 17.8 Å². The van der Waals surface area contributed by atoms with E-state index in [4.69, 9.17) is 4.42 Å². The van der Waals surface area contributed by atoms with Crippen LogP contribution in [-0.2, 0) is 0 Å². The Morgan fingerprint density at radius 1 is 1.13 bits per heavy atom. The Balaban J connectivity index is 1.63. The summed E-state index contributed by atoms with van der Waals surface area (Å²) < 4.78 is 7.38. The number of nitro benzene ring substituents is 1. The van der Waals surface area contributed by atoms with Gasteiger partial charge < -0.3 is 4.42 Å². The fourth-order valence-corrected chi connectivity index (χ4v) is 2.99. The SMILES string of the molecule is Cc1ccc(-c2nn(-c3ccccc3)cc2/C=N\NC(=O)c2ccccc2[N+](=O)[O-])o1. The highest BCUT2D eigenvalue weighted by Crippen LogP contribution is 2.24. The molecule has 2 aromatic carbocycles. The number of nitro groups is 1. The Hall–Kier alpha value is -4.53. The third-order valence-electron chi connectivity index (χ3n) is 4.45. The van der Waals surface area contributed by atoms with E-state index in [9.17, 15) is 14.9 Å². The number of nitrogens with zero attached hydrogens (tertiary/aromatic N) is 4. The Labute approximate surface area is 176 Å². The van der Waals surface area contributed by atoms with Gasteiger partial charge in [0.2, 0.25) is 0 Å². The maximum absolute atomic E-state index is 12.4. The van der Waals surface area contributed by atoms with Crippen LogP contribution in [0.2, 0.25) is 0 Å². The lowest BCUT2D eigenvalue weighted by atomic mass is 10.2. The number of carbonyl (C=O) groups excluding carboxylic acids is 1. The Morgan fingerprint density at radius 2 is 1.87 bits per heavy atom. The van der Waals surface area contributed by atoms with Crippen LogP contribution in [0.3, 0.4) is 0 Å². The van der Waals surface area contributed by atoms with Gasteiger partial charge in [-0.05, 0) is 37.3 Å². The molecule has 4 aromatic rings. The number of nitrogens with one attached hydrogen (secondary N) is 1. The molecule has 154 valence electrons. The van der Waals surface area contributed by atoms with Crippen molar-refractivity contribution in [1.82, 2.24) is 15.2 Å². The maximum Gasteiger partial charge on any atom is 0.282 e. The number of furan rings is 1. The first-order valence-corrected chi connectivity index (χ1v) is 9.31. The van der Waals surface area contributed by atoms with Gasteiger partial charge in [-0.2, -0.15) is 10.2 Å². The van der Waals surface area contributed by atoms with Gasteiger partial charge >= 0.3 is 0 Å². The molecule has 0 unspecified atom stereocenters. The first-order valence-electron chi connectivity index (χ1n) is 9.31. The van der Waals surface area contributed by atoms with Gasteiger partial charge in [-0.3, -0.25) is 14.9 Å². The number of aromatic nitrogens is 2. The van der Waals surface area contributed by atoms with Crippen LogP contribution in [0.1, 0.15) is 21.7 Å². The minimum absolute atomic E-state index is 0.0773. The summed E-state index contributed by atoms with van der Waals surface area (Å²) in [7, 11) is 0. The fourth-order valence-electron chi connectivity index (χ4n) is 2.99. The summed E-state index contributed by atoms with van der Waals surface area (Å²) in [6.07, 6.45) is 3.18. The number of hydrogen-bond donors (Lipinski definition) is 1. The lowest BCUT2D eigenvalue weighted by molar-refractivity contribution is -0.385. The van der Waals surface area contributed by atoms with E-state index in [2.05, 4.69) is 15.6 Å². The largest absolute Gasteiger partial charge is 0.460 e. The molecule has 0 atom stereocenters. The number of aryl methyl sites for hydroxylation is 1. The molecule has 31 heavy (non-hydrogen) atoms. The molecule has 2 heterocycles. The van der Waals surface area contributed by atoms with Crippen molar-refractivity contribution in [3.05, 3.63) is 99.9 Å². The summed E-state index contributed by atoms with van der Waals surface area (Å²) in [5.74, 6) is 0.602. The van der Waals surface area contributed by atoms with E-state index in [0.717, 1.165) is 11.4 Å². The number of para-hydroxylation sites is 2. The van der Waals surface area contributed by atoms with Crippen LogP contribution in [-0.4, -0.2) is 26.8 Å². The molecular weight excluding hydrogens is 398 g/mol. The molecule has 0 bridgehead atoms. The van der Waals surface area contributed by atoms with Crippen molar-refractivity contribution in [3.8, 4) is 17.1 Å². The molecule has 0 spiro atoms. The highest BCUT2D eigenvalue weighted by molar-refractivity contribution is 5.98. The van der Waals surface area contributed by atoms with Crippen molar-refractivity contribution in [2.45, 2.75) is 6.92 Å². The number of hydrogen-bond acceptors (Lipinski definition) is 6. The highest BCUT2D eigenvalue weighted by atomic mass is 16.6. The van der Waals surface area contributed by atoms with Gasteiger partial charge in [0.1, 0.15) is 17.0 Å². The topological polar surface area (TPSA) is 116 Å². The smallest absolute Gasteiger partial charge is 0.282 e. The first-order chi connectivity index (χ1) is 15.0. The number of carbonyl (C=O) groups is 1. The van der Waals surface area contributed by atoms with Gasteiger partial charge in [0.05, 0.1) is 16.8 Å². The van der Waals surface area contributed by atoms with Crippen molar-refractivity contribution in [2.24, 2.45) is 5.10 Å². The number of hydrazone groups is 1. The van der Waals surface area contributed by atoms with Crippen LogP contribution in [0, 0.1) is 17.0 Å². The zero-order valence-electron chi connectivity index (χ0n) is 16.4. The molecule has 4 rings (SSSR count). The van der Waals surface area contributed by atoms with Crippen LogP contribution < -0.4 is 5.43 Å². The summed E-state index contributed by atoms with van der Waals surface area (Å²) in [5, 5.41) is 19.7. The van der Waals surface area contributed by atoms with Crippen LogP contribution in [0.25, 0.3) is 17.1 Å². The van der Waals surface area contributed by atoms with Gasteiger partial charge in [0.25, 0.3) is 11.6 Å². The molecule has 1 N–H and O–H groups in total. The van der Waals surface area contributed by atoms with E-state index < -0.39 is 10.8 Å². The third-order valence-corrected chi connectivity index (χ3v) is 4.45. The minimum atomic E-state index is -0.686. The molecule has 9 nitrogen and oxygen atoms in total. The summed E-state index contributed by atoms with van der Waals surface area (Å²) in [6, 6.07) is 18.8. The quantitative estimate of drug-likeness (QED) is 0.289. The molecule has 9 heteroatoms. The summed E-state index contributed by atoms with van der Waals surface area (Å²) in [6.45, 7) is 1.83. The molecule has 0 fully saturated rings. The summed E-state index contributed by atoms with van der Waals surface area (Å²) >= 11 is 0. The summed E-state index contributed by atoms with van der Waals surface area (Å²) in [5.41, 5.74) is 3.95. The second kappa shape index (κ2) is 8.46. The molecule has 1 amide bonds. The van der Waals surface area contributed by atoms with E-state index >= 15 is 0 Å². The number of rotatable bonds is 6. The lowest BCUT2D eigenvalue weighted by Gasteiger charge is -2.00. The van der Waals surface area contributed by atoms with E-state index in [0.29, 0.717) is 17.0 Å². The third kappa shape index (κ3) is 4.25. The van der Waals surface area contributed by atoms with E-state index in [1.54, 1.807) is 23.0 Å². The Kier molecular flexibility index (Phi) is 5.39. The second-order valence-electron chi connectivity index (χ2n) is 6.60. The zero-order chi connectivity index (χ0) is 21.8. The lowest BCUT2D eigenvalue weighted by Crippen LogP contribution is -2.18. The van der Waals surface area contributed by atoms with E-state index in [1.807, 2.05) is 43.3 Å². The number of amides is 1. The van der Waals surface area contributed by atoms with E-state index in [1.165, 1.54) is 24.4 Å². The van der Waals surface area contributed by atoms with Gasteiger partial charge in [-0.1, -0.05) is 30.3 Å². The predicted octanol–water partition coefficient (Wildman–Crippen LogP) is 4.11. The fraction of sp³-hybridized carbons (Fsp3) is 0.0455. The average Bonchev–Trinajstić information content (AvgIpc) is 3.40.